The molecule has 6 heteroatoms. The highest BCUT2D eigenvalue weighted by atomic mass is 32.2. The van der Waals surface area contributed by atoms with Gasteiger partial charge >= 0.3 is 0 Å². The second-order valence-corrected chi connectivity index (χ2v) is 5.57. The summed E-state index contributed by atoms with van der Waals surface area (Å²) in [6.45, 7) is 3.73. The second-order valence-electron chi connectivity index (χ2n) is 4.07. The van der Waals surface area contributed by atoms with E-state index in [2.05, 4.69) is 5.32 Å². The average Bonchev–Trinajstić information content (AvgIpc) is 2.20. The molecule has 0 bridgehead atoms. The first-order chi connectivity index (χ1) is 7.81. The van der Waals surface area contributed by atoms with Crippen LogP contribution >= 0.6 is 0 Å². The molecule has 1 aromatic rings. The fourth-order valence-corrected chi connectivity index (χ4v) is 2.34. The van der Waals surface area contributed by atoms with E-state index >= 15 is 0 Å². The predicted octanol–water partition coefficient (Wildman–Crippen LogP) is 1.66. The molecular weight excluding hydrogens is 240 g/mol. The van der Waals surface area contributed by atoms with Crippen LogP contribution in [0.5, 0.6) is 0 Å². The Bertz CT molecular complexity index is 485. The van der Waals surface area contributed by atoms with E-state index in [-0.39, 0.29) is 11.8 Å². The Labute approximate surface area is 102 Å². The Hall–Kier alpha value is -1.27. The molecule has 0 amide bonds. The molecule has 0 aromatic heterocycles. The largest absolute Gasteiger partial charge is 0.399 e. The molecule has 0 aliphatic carbocycles. The minimum absolute atomic E-state index is 0.299. The third-order valence-corrected chi connectivity index (χ3v) is 3.37. The second kappa shape index (κ2) is 5.37. The maximum absolute atomic E-state index is 10.8. The van der Waals surface area contributed by atoms with Crippen LogP contribution in [0.1, 0.15) is 18.9 Å². The summed E-state index contributed by atoms with van der Waals surface area (Å²) in [7, 11) is -3.96. The van der Waals surface area contributed by atoms with Crippen LogP contribution in [0.25, 0.3) is 0 Å². The summed E-state index contributed by atoms with van der Waals surface area (Å²) in [6, 6.07) is 5.09. The number of nitrogen functional groups attached to an aromatic ring is 1. The molecule has 1 atom stereocenters. The number of anilines is 2. The molecule has 0 aliphatic rings. The summed E-state index contributed by atoms with van der Waals surface area (Å²) in [5.74, 6) is -0.299. The van der Waals surface area contributed by atoms with E-state index in [0.717, 1.165) is 11.3 Å². The third-order valence-electron chi connectivity index (χ3n) is 2.55. The Morgan fingerprint density at radius 1 is 1.47 bits per heavy atom. The molecule has 0 aliphatic heterocycles. The van der Waals surface area contributed by atoms with Gasteiger partial charge in [0.25, 0.3) is 10.1 Å². The van der Waals surface area contributed by atoms with Crippen molar-refractivity contribution in [3.8, 4) is 0 Å². The van der Waals surface area contributed by atoms with Gasteiger partial charge in [0, 0.05) is 17.4 Å². The molecule has 0 saturated carbocycles. The van der Waals surface area contributed by atoms with Gasteiger partial charge in [-0.15, -0.1) is 0 Å². The number of nitrogens with one attached hydrogen (secondary N) is 1. The minimum atomic E-state index is -3.96. The third kappa shape index (κ3) is 4.62. The number of rotatable bonds is 5. The number of hydrogen-bond donors (Lipinski definition) is 3. The van der Waals surface area contributed by atoms with Crippen molar-refractivity contribution in [2.24, 2.45) is 0 Å². The first kappa shape index (κ1) is 13.8. The zero-order valence-electron chi connectivity index (χ0n) is 9.97. The van der Waals surface area contributed by atoms with Crippen molar-refractivity contribution in [3.63, 3.8) is 0 Å². The molecule has 1 aromatic carbocycles. The molecule has 0 spiro atoms. The standard InChI is InChI=1S/C11H18N2O3S/c1-3-9(7-17(14,15)16)13-10-4-5-11(12)8(2)6-10/h4-6,9,13H,3,7,12H2,1-2H3,(H,14,15,16). The Morgan fingerprint density at radius 2 is 2.12 bits per heavy atom. The van der Waals surface area contributed by atoms with E-state index in [1.807, 2.05) is 19.9 Å². The highest BCUT2D eigenvalue weighted by Gasteiger charge is 2.15. The lowest BCUT2D eigenvalue weighted by molar-refractivity contribution is 0.477. The number of benzene rings is 1. The summed E-state index contributed by atoms with van der Waals surface area (Å²) in [4.78, 5) is 0. The minimum Gasteiger partial charge on any atom is -0.399 e. The fraction of sp³-hybridized carbons (Fsp3) is 0.455. The van der Waals surface area contributed by atoms with Gasteiger partial charge in [0.15, 0.2) is 0 Å². The summed E-state index contributed by atoms with van der Waals surface area (Å²) in [5.41, 5.74) is 8.11. The molecule has 0 heterocycles. The predicted molar refractivity (Wildman–Crippen MR) is 69.7 cm³/mol. The van der Waals surface area contributed by atoms with Gasteiger partial charge in [-0.2, -0.15) is 8.42 Å². The van der Waals surface area contributed by atoms with Gasteiger partial charge < -0.3 is 11.1 Å². The van der Waals surface area contributed by atoms with Crippen molar-refractivity contribution in [3.05, 3.63) is 23.8 Å². The number of hydrogen-bond acceptors (Lipinski definition) is 4. The van der Waals surface area contributed by atoms with Gasteiger partial charge in [-0.25, -0.2) is 0 Å². The van der Waals surface area contributed by atoms with E-state index in [9.17, 15) is 8.42 Å². The van der Waals surface area contributed by atoms with Gasteiger partial charge in [-0.1, -0.05) is 6.92 Å². The highest BCUT2D eigenvalue weighted by Crippen LogP contribution is 2.18. The van der Waals surface area contributed by atoms with Crippen LogP contribution in [0.3, 0.4) is 0 Å². The zero-order chi connectivity index (χ0) is 13.1. The molecular formula is C11H18N2O3S. The molecule has 1 unspecified atom stereocenters. The van der Waals surface area contributed by atoms with Crippen LogP contribution in [-0.2, 0) is 10.1 Å². The molecule has 0 fully saturated rings. The first-order valence-corrected chi connectivity index (χ1v) is 7.00. The quantitative estimate of drug-likeness (QED) is 0.551. The normalized spacial score (nSPS) is 13.4. The van der Waals surface area contributed by atoms with Crippen molar-refractivity contribution in [2.75, 3.05) is 16.8 Å². The monoisotopic (exact) mass is 258 g/mol. The summed E-state index contributed by atoms with van der Waals surface area (Å²) < 4.78 is 30.4. The van der Waals surface area contributed by atoms with Gasteiger partial charge in [-0.05, 0) is 37.1 Å². The topological polar surface area (TPSA) is 92.4 Å². The molecule has 5 nitrogen and oxygen atoms in total. The van der Waals surface area contributed by atoms with Gasteiger partial charge in [0.2, 0.25) is 0 Å². The zero-order valence-corrected chi connectivity index (χ0v) is 10.8. The highest BCUT2D eigenvalue weighted by molar-refractivity contribution is 7.85. The molecule has 0 radical (unpaired) electrons. The maximum atomic E-state index is 10.8. The summed E-state index contributed by atoms with van der Waals surface area (Å²) in [5, 5.41) is 3.06. The van der Waals surface area contributed by atoms with E-state index in [4.69, 9.17) is 10.3 Å². The van der Waals surface area contributed by atoms with Crippen LogP contribution in [0.2, 0.25) is 0 Å². The molecule has 1 rings (SSSR count). The first-order valence-electron chi connectivity index (χ1n) is 5.39. The molecule has 4 N–H and O–H groups in total. The van der Waals surface area contributed by atoms with Crippen molar-refractivity contribution in [2.45, 2.75) is 26.3 Å². The van der Waals surface area contributed by atoms with Crippen molar-refractivity contribution < 1.29 is 13.0 Å². The van der Waals surface area contributed by atoms with Crippen molar-refractivity contribution in [1.29, 1.82) is 0 Å². The van der Waals surface area contributed by atoms with Gasteiger partial charge in [0.05, 0.1) is 5.75 Å². The fourth-order valence-electron chi connectivity index (χ4n) is 1.52. The maximum Gasteiger partial charge on any atom is 0.266 e. The molecule has 96 valence electrons. The van der Waals surface area contributed by atoms with Crippen LogP contribution < -0.4 is 11.1 Å². The molecule has 17 heavy (non-hydrogen) atoms. The van der Waals surface area contributed by atoms with E-state index in [1.165, 1.54) is 0 Å². The van der Waals surface area contributed by atoms with Gasteiger partial charge in [-0.3, -0.25) is 4.55 Å². The Kier molecular flexibility index (Phi) is 4.36. The average molecular weight is 258 g/mol. The van der Waals surface area contributed by atoms with Crippen LogP contribution in [0, 0.1) is 6.92 Å². The van der Waals surface area contributed by atoms with Crippen LogP contribution in [-0.4, -0.2) is 24.8 Å². The lowest BCUT2D eigenvalue weighted by atomic mass is 10.1. The Balaban J connectivity index is 2.77. The number of aryl methyl sites for hydroxylation is 1. The molecule has 0 saturated heterocycles. The summed E-state index contributed by atoms with van der Waals surface area (Å²) >= 11 is 0. The number of nitrogens with two attached hydrogens (primary N) is 1. The van der Waals surface area contributed by atoms with Crippen molar-refractivity contribution >= 4 is 21.5 Å². The Morgan fingerprint density at radius 3 is 2.59 bits per heavy atom. The van der Waals surface area contributed by atoms with E-state index < -0.39 is 10.1 Å². The smallest absolute Gasteiger partial charge is 0.266 e. The summed E-state index contributed by atoms with van der Waals surface area (Å²) in [6.07, 6.45) is 0.600. The van der Waals surface area contributed by atoms with Crippen molar-refractivity contribution in [1.82, 2.24) is 0 Å². The van der Waals surface area contributed by atoms with Crippen LogP contribution in [0.4, 0.5) is 11.4 Å². The van der Waals surface area contributed by atoms with E-state index in [1.54, 1.807) is 12.1 Å². The van der Waals surface area contributed by atoms with Crippen LogP contribution in [0.15, 0.2) is 18.2 Å². The van der Waals surface area contributed by atoms with Gasteiger partial charge in [0.1, 0.15) is 0 Å². The SMILES string of the molecule is CCC(CS(=O)(=O)O)Nc1ccc(N)c(C)c1. The van der Waals surface area contributed by atoms with E-state index in [0.29, 0.717) is 12.1 Å². The lowest BCUT2D eigenvalue weighted by Gasteiger charge is -2.17. The lowest BCUT2D eigenvalue weighted by Crippen LogP contribution is -2.27.